The SMILES string of the molecule is O=C1Nc2cccnc2N(C(=O)NCCN2CCC(CCCN3CCCCC3)CC2)c2cc(Cl)ccc21. The maximum Gasteiger partial charge on any atom is 0.327 e. The third-order valence-electron chi connectivity index (χ3n) is 7.84. The molecule has 3 aliphatic heterocycles. The molecule has 2 saturated heterocycles. The van der Waals surface area contributed by atoms with E-state index < -0.39 is 0 Å². The van der Waals surface area contributed by atoms with E-state index in [1.54, 1.807) is 36.5 Å². The molecule has 8 nitrogen and oxygen atoms in total. The van der Waals surface area contributed by atoms with Crippen LogP contribution in [0.5, 0.6) is 0 Å². The number of urea groups is 1. The van der Waals surface area contributed by atoms with E-state index in [1.165, 1.54) is 69.5 Å². The smallest absolute Gasteiger partial charge is 0.327 e. The maximum absolute atomic E-state index is 13.4. The zero-order valence-electron chi connectivity index (χ0n) is 21.4. The zero-order valence-corrected chi connectivity index (χ0v) is 22.2. The standard InChI is InChI=1S/C28H37ClN6O2/c29-22-8-9-23-25(20-22)35(26-24(32-27(23)36)7-4-12-30-26)28(37)31-13-19-34-17-10-21(11-18-34)6-5-16-33-14-2-1-3-15-33/h4,7-9,12,20-21H,1-3,5-6,10-11,13-19H2,(H,31,37)(H,32,36). The molecule has 0 aliphatic carbocycles. The lowest BCUT2D eigenvalue weighted by atomic mass is 9.92. The summed E-state index contributed by atoms with van der Waals surface area (Å²) in [7, 11) is 0. The van der Waals surface area contributed by atoms with Crippen LogP contribution in [0.15, 0.2) is 36.5 Å². The number of anilines is 3. The van der Waals surface area contributed by atoms with E-state index in [4.69, 9.17) is 11.6 Å². The molecule has 37 heavy (non-hydrogen) atoms. The number of halogens is 1. The fourth-order valence-corrected chi connectivity index (χ4v) is 5.92. The minimum atomic E-state index is -0.326. The number of aromatic nitrogens is 1. The fraction of sp³-hybridized carbons (Fsp3) is 0.536. The fourth-order valence-electron chi connectivity index (χ4n) is 5.75. The number of hydrogen-bond donors (Lipinski definition) is 2. The van der Waals surface area contributed by atoms with Crippen LogP contribution < -0.4 is 15.5 Å². The van der Waals surface area contributed by atoms with Crippen molar-refractivity contribution in [1.82, 2.24) is 20.1 Å². The molecule has 5 rings (SSSR count). The van der Waals surface area contributed by atoms with Crippen LogP contribution in [0.25, 0.3) is 0 Å². The number of carbonyl (C=O) groups excluding carboxylic acids is 2. The normalized spacial score (nSPS) is 19.1. The number of rotatable bonds is 7. The third-order valence-corrected chi connectivity index (χ3v) is 8.08. The van der Waals surface area contributed by atoms with Crippen molar-refractivity contribution in [3.05, 3.63) is 47.1 Å². The van der Waals surface area contributed by atoms with E-state index in [0.29, 0.717) is 34.3 Å². The van der Waals surface area contributed by atoms with Crippen molar-refractivity contribution >= 4 is 40.7 Å². The highest BCUT2D eigenvalue weighted by Gasteiger charge is 2.31. The van der Waals surface area contributed by atoms with Gasteiger partial charge in [0, 0.05) is 24.3 Å². The summed E-state index contributed by atoms with van der Waals surface area (Å²) in [4.78, 5) is 37.1. The van der Waals surface area contributed by atoms with Gasteiger partial charge in [-0.25, -0.2) is 14.7 Å². The van der Waals surface area contributed by atoms with Crippen LogP contribution >= 0.6 is 11.6 Å². The van der Waals surface area contributed by atoms with Gasteiger partial charge in [0.1, 0.15) is 0 Å². The molecule has 1 aromatic heterocycles. The summed E-state index contributed by atoms with van der Waals surface area (Å²) in [5.41, 5.74) is 1.28. The van der Waals surface area contributed by atoms with Gasteiger partial charge in [-0.05, 0) is 107 Å². The first-order chi connectivity index (χ1) is 18.1. The van der Waals surface area contributed by atoms with Gasteiger partial charge in [-0.15, -0.1) is 0 Å². The number of likely N-dealkylation sites (tertiary alicyclic amines) is 2. The second-order valence-electron chi connectivity index (χ2n) is 10.4. The van der Waals surface area contributed by atoms with Crippen molar-refractivity contribution < 1.29 is 9.59 Å². The topological polar surface area (TPSA) is 80.8 Å². The van der Waals surface area contributed by atoms with Crippen molar-refractivity contribution in [3.8, 4) is 0 Å². The number of piperidine rings is 2. The minimum absolute atomic E-state index is 0.296. The molecular formula is C28H37ClN6O2. The lowest BCUT2D eigenvalue weighted by Crippen LogP contribution is -2.43. The molecule has 0 bridgehead atoms. The van der Waals surface area contributed by atoms with Crippen LogP contribution in [0.1, 0.15) is 55.3 Å². The number of carbonyl (C=O) groups is 2. The van der Waals surface area contributed by atoms with Crippen molar-refractivity contribution in [2.24, 2.45) is 5.92 Å². The molecule has 0 spiro atoms. The predicted octanol–water partition coefficient (Wildman–Crippen LogP) is 5.13. The molecule has 4 heterocycles. The third kappa shape index (κ3) is 6.43. The van der Waals surface area contributed by atoms with Crippen molar-refractivity contribution in [1.29, 1.82) is 0 Å². The predicted molar refractivity (Wildman–Crippen MR) is 148 cm³/mol. The molecule has 1 aromatic carbocycles. The van der Waals surface area contributed by atoms with Gasteiger partial charge in [-0.1, -0.05) is 18.0 Å². The molecule has 0 radical (unpaired) electrons. The van der Waals surface area contributed by atoms with Gasteiger partial charge >= 0.3 is 6.03 Å². The van der Waals surface area contributed by atoms with Crippen molar-refractivity contribution in [3.63, 3.8) is 0 Å². The van der Waals surface area contributed by atoms with Crippen molar-refractivity contribution in [2.75, 3.05) is 56.0 Å². The van der Waals surface area contributed by atoms with Crippen LogP contribution in [0.2, 0.25) is 5.02 Å². The Kier molecular flexibility index (Phi) is 8.59. The number of benzene rings is 1. The number of nitrogens with zero attached hydrogens (tertiary/aromatic N) is 4. The summed E-state index contributed by atoms with van der Waals surface area (Å²) in [6.07, 6.45) is 10.9. The maximum atomic E-state index is 13.4. The van der Waals surface area contributed by atoms with E-state index in [1.807, 2.05) is 0 Å². The van der Waals surface area contributed by atoms with Crippen molar-refractivity contribution in [2.45, 2.75) is 44.9 Å². The largest absolute Gasteiger partial charge is 0.336 e. The molecule has 2 N–H and O–H groups in total. The molecular weight excluding hydrogens is 488 g/mol. The van der Waals surface area contributed by atoms with E-state index in [2.05, 4.69) is 25.4 Å². The van der Waals surface area contributed by atoms with Gasteiger partial charge in [0.15, 0.2) is 5.82 Å². The van der Waals surface area contributed by atoms with Crippen LogP contribution in [0.3, 0.4) is 0 Å². The van der Waals surface area contributed by atoms with Gasteiger partial charge in [0.05, 0.1) is 16.9 Å². The molecule has 198 valence electrons. The van der Waals surface area contributed by atoms with E-state index in [0.717, 1.165) is 25.6 Å². The summed E-state index contributed by atoms with van der Waals surface area (Å²) < 4.78 is 0. The zero-order chi connectivity index (χ0) is 25.6. The Morgan fingerprint density at radius 3 is 2.65 bits per heavy atom. The number of nitrogens with one attached hydrogen (secondary N) is 2. The Balaban J connectivity index is 1.12. The number of fused-ring (bicyclic) bond motifs is 2. The van der Waals surface area contributed by atoms with Gasteiger partial charge in [-0.2, -0.15) is 0 Å². The number of pyridine rings is 1. The first kappa shape index (κ1) is 25.9. The highest BCUT2D eigenvalue weighted by atomic mass is 35.5. The summed E-state index contributed by atoms with van der Waals surface area (Å²) >= 11 is 6.24. The average molecular weight is 525 g/mol. The van der Waals surface area contributed by atoms with Crippen LogP contribution in [-0.2, 0) is 0 Å². The Labute approximate surface area is 224 Å². The second-order valence-corrected chi connectivity index (χ2v) is 10.8. The molecule has 2 aromatic rings. The van der Waals surface area contributed by atoms with Gasteiger partial charge in [-0.3, -0.25) is 4.79 Å². The summed E-state index contributed by atoms with van der Waals surface area (Å²) in [5.74, 6) is 0.899. The minimum Gasteiger partial charge on any atom is -0.336 e. The van der Waals surface area contributed by atoms with Crippen LogP contribution in [0, 0.1) is 5.92 Å². The quantitative estimate of drug-likeness (QED) is 0.525. The monoisotopic (exact) mass is 524 g/mol. The molecule has 0 saturated carbocycles. The van der Waals surface area contributed by atoms with E-state index in [9.17, 15) is 9.59 Å². The van der Waals surface area contributed by atoms with Crippen LogP contribution in [0.4, 0.5) is 22.0 Å². The summed E-state index contributed by atoms with van der Waals surface area (Å²) in [5, 5.41) is 6.34. The highest BCUT2D eigenvalue weighted by Crippen LogP contribution is 2.37. The second kappa shape index (κ2) is 12.2. The average Bonchev–Trinajstić information content (AvgIpc) is 3.03. The highest BCUT2D eigenvalue weighted by molar-refractivity contribution is 6.31. The first-order valence-electron chi connectivity index (χ1n) is 13.7. The number of amides is 3. The molecule has 3 amide bonds. The van der Waals surface area contributed by atoms with E-state index in [-0.39, 0.29) is 11.9 Å². The molecule has 0 atom stereocenters. The Bertz CT molecular complexity index is 1100. The summed E-state index contributed by atoms with van der Waals surface area (Å²) in [6, 6.07) is 8.07. The van der Waals surface area contributed by atoms with Gasteiger partial charge in [0.2, 0.25) is 0 Å². The first-order valence-corrected chi connectivity index (χ1v) is 14.0. The van der Waals surface area contributed by atoms with Gasteiger partial charge < -0.3 is 20.4 Å². The van der Waals surface area contributed by atoms with Crippen LogP contribution in [-0.4, -0.2) is 72.5 Å². The Hall–Kier alpha value is -2.68. The lowest BCUT2D eigenvalue weighted by molar-refractivity contribution is 0.102. The molecule has 9 heteroatoms. The lowest BCUT2D eigenvalue weighted by Gasteiger charge is -2.33. The molecule has 0 unspecified atom stereocenters. The summed E-state index contributed by atoms with van der Waals surface area (Å²) in [6.45, 7) is 7.31. The molecule has 2 fully saturated rings. The number of hydrogen-bond acceptors (Lipinski definition) is 5. The Morgan fingerprint density at radius 2 is 1.84 bits per heavy atom. The molecule has 3 aliphatic rings. The van der Waals surface area contributed by atoms with E-state index >= 15 is 0 Å². The van der Waals surface area contributed by atoms with Gasteiger partial charge in [0.25, 0.3) is 5.91 Å². The Morgan fingerprint density at radius 1 is 1.05 bits per heavy atom.